The van der Waals surface area contributed by atoms with E-state index >= 15 is 0 Å². The molecule has 1 aliphatic rings. The Morgan fingerprint density at radius 3 is 2.80 bits per heavy atom. The molecular formula is C14H27N3O3. The van der Waals surface area contributed by atoms with Crippen molar-refractivity contribution in [2.45, 2.75) is 39.2 Å². The molecule has 1 saturated heterocycles. The highest BCUT2D eigenvalue weighted by Gasteiger charge is 2.30. The topological polar surface area (TPSA) is 70.7 Å². The van der Waals surface area contributed by atoms with E-state index in [0.29, 0.717) is 32.5 Å². The fourth-order valence-corrected chi connectivity index (χ4v) is 2.24. The van der Waals surface area contributed by atoms with Gasteiger partial charge in [-0.1, -0.05) is 0 Å². The van der Waals surface area contributed by atoms with Crippen LogP contribution in [0.1, 0.15) is 33.6 Å². The molecule has 0 saturated carbocycles. The van der Waals surface area contributed by atoms with Crippen LogP contribution in [0.25, 0.3) is 0 Å². The van der Waals surface area contributed by atoms with E-state index in [1.54, 1.807) is 6.92 Å². The number of esters is 1. The first kappa shape index (κ1) is 16.9. The molecule has 1 amide bonds. The Morgan fingerprint density at radius 2 is 2.15 bits per heavy atom. The van der Waals surface area contributed by atoms with Gasteiger partial charge in [0.2, 0.25) is 5.91 Å². The van der Waals surface area contributed by atoms with Crippen LogP contribution >= 0.6 is 0 Å². The summed E-state index contributed by atoms with van der Waals surface area (Å²) < 4.78 is 4.83. The summed E-state index contributed by atoms with van der Waals surface area (Å²) in [6.45, 7) is 10.1. The van der Waals surface area contributed by atoms with Crippen molar-refractivity contribution < 1.29 is 14.3 Å². The van der Waals surface area contributed by atoms with Crippen LogP contribution in [0.5, 0.6) is 0 Å². The molecular weight excluding hydrogens is 258 g/mol. The van der Waals surface area contributed by atoms with E-state index in [2.05, 4.69) is 29.4 Å². The van der Waals surface area contributed by atoms with Gasteiger partial charge in [0.05, 0.1) is 13.2 Å². The van der Waals surface area contributed by atoms with E-state index in [1.165, 1.54) is 0 Å². The molecule has 0 atom stereocenters. The molecule has 0 aromatic rings. The first-order valence-electron chi connectivity index (χ1n) is 7.34. The SMILES string of the molecule is CCOC(=O)CCCNC(=O)CN1CCNCC1(C)C. The maximum Gasteiger partial charge on any atom is 0.305 e. The number of ether oxygens (including phenoxy) is 1. The summed E-state index contributed by atoms with van der Waals surface area (Å²) in [6.07, 6.45) is 0.975. The molecule has 0 unspecified atom stereocenters. The maximum atomic E-state index is 11.9. The third-order valence-electron chi connectivity index (χ3n) is 3.49. The van der Waals surface area contributed by atoms with Crippen molar-refractivity contribution in [1.82, 2.24) is 15.5 Å². The summed E-state index contributed by atoms with van der Waals surface area (Å²) in [5.41, 5.74) is 0.000518. The Bertz CT molecular complexity index is 332. The summed E-state index contributed by atoms with van der Waals surface area (Å²) in [6, 6.07) is 0. The number of hydrogen-bond donors (Lipinski definition) is 2. The normalized spacial score (nSPS) is 18.6. The molecule has 1 heterocycles. The molecule has 6 nitrogen and oxygen atoms in total. The molecule has 20 heavy (non-hydrogen) atoms. The Kier molecular flexibility index (Phi) is 6.95. The first-order chi connectivity index (χ1) is 9.45. The van der Waals surface area contributed by atoms with Gasteiger partial charge in [-0.2, -0.15) is 0 Å². The van der Waals surface area contributed by atoms with Crippen molar-refractivity contribution in [2.75, 3.05) is 39.3 Å². The number of hydrogen-bond acceptors (Lipinski definition) is 5. The highest BCUT2D eigenvalue weighted by Crippen LogP contribution is 2.15. The van der Waals surface area contributed by atoms with Gasteiger partial charge in [0.15, 0.2) is 0 Å². The summed E-state index contributed by atoms with van der Waals surface area (Å²) in [7, 11) is 0. The number of carbonyl (C=O) groups is 2. The van der Waals surface area contributed by atoms with Gasteiger partial charge in [-0.05, 0) is 27.2 Å². The minimum Gasteiger partial charge on any atom is -0.466 e. The van der Waals surface area contributed by atoms with Crippen LogP contribution in [-0.2, 0) is 14.3 Å². The molecule has 1 rings (SSSR count). The van der Waals surface area contributed by atoms with E-state index in [0.717, 1.165) is 19.6 Å². The predicted molar refractivity (Wildman–Crippen MR) is 77.4 cm³/mol. The summed E-state index contributed by atoms with van der Waals surface area (Å²) in [5, 5.41) is 6.19. The Morgan fingerprint density at radius 1 is 1.40 bits per heavy atom. The highest BCUT2D eigenvalue weighted by atomic mass is 16.5. The molecule has 0 spiro atoms. The van der Waals surface area contributed by atoms with Gasteiger partial charge in [0.25, 0.3) is 0 Å². The monoisotopic (exact) mass is 285 g/mol. The summed E-state index contributed by atoms with van der Waals surface area (Å²) in [5.74, 6) is -0.186. The molecule has 0 aromatic carbocycles. The Hall–Kier alpha value is -1.14. The number of carbonyl (C=O) groups excluding carboxylic acids is 2. The van der Waals surface area contributed by atoms with Gasteiger partial charge in [-0.15, -0.1) is 0 Å². The number of nitrogens with zero attached hydrogens (tertiary/aromatic N) is 1. The van der Waals surface area contributed by atoms with Gasteiger partial charge in [-0.25, -0.2) is 0 Å². The zero-order valence-corrected chi connectivity index (χ0v) is 12.8. The molecule has 0 aliphatic carbocycles. The van der Waals surface area contributed by atoms with E-state index < -0.39 is 0 Å². The second kappa shape index (κ2) is 8.21. The molecule has 1 aliphatic heterocycles. The van der Waals surface area contributed by atoms with E-state index in [9.17, 15) is 9.59 Å². The van der Waals surface area contributed by atoms with Crippen molar-refractivity contribution in [3.8, 4) is 0 Å². The smallest absolute Gasteiger partial charge is 0.305 e. The number of amides is 1. The second-order valence-electron chi connectivity index (χ2n) is 5.67. The average Bonchev–Trinajstić information content (AvgIpc) is 2.37. The Labute approximate surface area is 121 Å². The van der Waals surface area contributed by atoms with Crippen molar-refractivity contribution in [1.29, 1.82) is 0 Å². The molecule has 0 aromatic heterocycles. The van der Waals surface area contributed by atoms with Gasteiger partial charge >= 0.3 is 5.97 Å². The van der Waals surface area contributed by atoms with Crippen LogP contribution in [-0.4, -0.2) is 61.6 Å². The molecule has 6 heteroatoms. The average molecular weight is 285 g/mol. The van der Waals surface area contributed by atoms with Crippen molar-refractivity contribution in [3.05, 3.63) is 0 Å². The van der Waals surface area contributed by atoms with Crippen LogP contribution in [0.3, 0.4) is 0 Å². The van der Waals surface area contributed by atoms with Crippen molar-refractivity contribution >= 4 is 11.9 Å². The zero-order valence-electron chi connectivity index (χ0n) is 12.8. The molecule has 2 N–H and O–H groups in total. The minimum atomic E-state index is -0.204. The summed E-state index contributed by atoms with van der Waals surface area (Å²) >= 11 is 0. The number of nitrogens with one attached hydrogen (secondary N) is 2. The van der Waals surface area contributed by atoms with Crippen LogP contribution in [0.15, 0.2) is 0 Å². The fourth-order valence-electron chi connectivity index (χ4n) is 2.24. The van der Waals surface area contributed by atoms with Crippen molar-refractivity contribution in [3.63, 3.8) is 0 Å². The summed E-state index contributed by atoms with van der Waals surface area (Å²) in [4.78, 5) is 25.2. The quantitative estimate of drug-likeness (QED) is 0.514. The zero-order chi connectivity index (χ0) is 15.0. The second-order valence-corrected chi connectivity index (χ2v) is 5.67. The van der Waals surface area contributed by atoms with Gasteiger partial charge < -0.3 is 15.4 Å². The highest BCUT2D eigenvalue weighted by molar-refractivity contribution is 5.78. The lowest BCUT2D eigenvalue weighted by Gasteiger charge is -2.42. The lowest BCUT2D eigenvalue weighted by Crippen LogP contribution is -2.59. The predicted octanol–water partition coefficient (Wildman–Crippen LogP) is 0.130. The lowest BCUT2D eigenvalue weighted by molar-refractivity contribution is -0.143. The van der Waals surface area contributed by atoms with E-state index in [1.807, 2.05) is 0 Å². The maximum absolute atomic E-state index is 11.9. The number of piperazine rings is 1. The van der Waals surface area contributed by atoms with Crippen molar-refractivity contribution in [2.24, 2.45) is 0 Å². The lowest BCUT2D eigenvalue weighted by atomic mass is 10.0. The van der Waals surface area contributed by atoms with Gasteiger partial charge in [-0.3, -0.25) is 14.5 Å². The van der Waals surface area contributed by atoms with Gasteiger partial charge in [0, 0.05) is 38.1 Å². The molecule has 116 valence electrons. The molecule has 0 bridgehead atoms. The van der Waals surface area contributed by atoms with Crippen LogP contribution in [0.4, 0.5) is 0 Å². The van der Waals surface area contributed by atoms with Crippen LogP contribution in [0, 0.1) is 0 Å². The minimum absolute atomic E-state index is 0.000518. The van der Waals surface area contributed by atoms with Crippen LogP contribution in [0.2, 0.25) is 0 Å². The van der Waals surface area contributed by atoms with E-state index in [-0.39, 0.29) is 17.4 Å². The largest absolute Gasteiger partial charge is 0.466 e. The van der Waals surface area contributed by atoms with Gasteiger partial charge in [0.1, 0.15) is 0 Å². The third kappa shape index (κ3) is 5.88. The molecule has 1 fully saturated rings. The standard InChI is InChI=1S/C14H27N3O3/c1-4-20-13(19)6-5-7-16-12(18)10-17-9-8-15-11-14(17,2)3/h15H,4-11H2,1-3H3,(H,16,18). The van der Waals surface area contributed by atoms with E-state index in [4.69, 9.17) is 4.74 Å². The third-order valence-corrected chi connectivity index (χ3v) is 3.49. The van der Waals surface area contributed by atoms with Crippen LogP contribution < -0.4 is 10.6 Å². The molecule has 0 radical (unpaired) electrons. The number of rotatable bonds is 7. The fraction of sp³-hybridized carbons (Fsp3) is 0.857. The Balaban J connectivity index is 2.18. The first-order valence-corrected chi connectivity index (χ1v) is 7.34.